The van der Waals surface area contributed by atoms with Gasteiger partial charge in [-0.15, -0.1) is 0 Å². The minimum atomic E-state index is -0.900. The molecule has 0 saturated carbocycles. The second-order valence-electron chi connectivity index (χ2n) is 7.12. The number of hydrazone groups is 1. The summed E-state index contributed by atoms with van der Waals surface area (Å²) in [7, 11) is 0. The number of nitrogens with zero attached hydrogens (tertiary/aromatic N) is 1. The van der Waals surface area contributed by atoms with E-state index >= 15 is 0 Å². The number of benzene rings is 3. The molecule has 0 aliphatic rings. The summed E-state index contributed by atoms with van der Waals surface area (Å²) in [6.45, 7) is 2.27. The smallest absolute Gasteiger partial charge is 0.329 e. The van der Waals surface area contributed by atoms with Gasteiger partial charge in [-0.3, -0.25) is 9.59 Å². The van der Waals surface area contributed by atoms with Crippen molar-refractivity contribution in [3.05, 3.63) is 92.7 Å². The molecule has 0 atom stereocenters. The second kappa shape index (κ2) is 12.9. The average molecular weight is 563 g/mol. The van der Waals surface area contributed by atoms with E-state index in [-0.39, 0.29) is 23.7 Å². The lowest BCUT2D eigenvalue weighted by atomic mass is 10.2. The summed E-state index contributed by atoms with van der Waals surface area (Å²) in [5.41, 5.74) is 3.83. The summed E-state index contributed by atoms with van der Waals surface area (Å²) in [6.07, 6.45) is 1.35. The minimum absolute atomic E-state index is 0.105. The first-order valence-corrected chi connectivity index (χ1v) is 11.7. The molecular weight excluding hydrogens is 541 g/mol. The van der Waals surface area contributed by atoms with E-state index in [2.05, 4.69) is 31.8 Å². The van der Waals surface area contributed by atoms with Gasteiger partial charge in [-0.1, -0.05) is 48.0 Å². The van der Waals surface area contributed by atoms with E-state index < -0.39 is 17.6 Å². The molecule has 0 aromatic heterocycles. The zero-order chi connectivity index (χ0) is 25.2. The number of nitrogens with one attached hydrogen (secondary N) is 2. The van der Waals surface area contributed by atoms with E-state index in [9.17, 15) is 14.0 Å². The monoisotopic (exact) mass is 561 g/mol. The van der Waals surface area contributed by atoms with Gasteiger partial charge in [0.15, 0.2) is 11.5 Å². The maximum absolute atomic E-state index is 14.1. The van der Waals surface area contributed by atoms with Gasteiger partial charge in [0.05, 0.1) is 22.3 Å². The highest BCUT2D eigenvalue weighted by molar-refractivity contribution is 9.10. The van der Waals surface area contributed by atoms with Crippen LogP contribution in [0.3, 0.4) is 0 Å². The average Bonchev–Trinajstić information content (AvgIpc) is 2.84. The van der Waals surface area contributed by atoms with Crippen LogP contribution in [-0.4, -0.2) is 24.6 Å². The number of hydrogen-bond donors (Lipinski definition) is 2. The lowest BCUT2D eigenvalue weighted by Gasteiger charge is -2.15. The van der Waals surface area contributed by atoms with Crippen LogP contribution in [0, 0.1) is 5.82 Å². The molecule has 3 aromatic rings. The van der Waals surface area contributed by atoms with Gasteiger partial charge in [-0.05, 0) is 58.2 Å². The Labute approximate surface area is 215 Å². The summed E-state index contributed by atoms with van der Waals surface area (Å²) in [5, 5.41) is 6.61. The Bertz CT molecular complexity index is 1200. The normalized spacial score (nSPS) is 10.7. The zero-order valence-corrected chi connectivity index (χ0v) is 21.0. The van der Waals surface area contributed by atoms with Crippen molar-refractivity contribution in [1.29, 1.82) is 0 Å². The third kappa shape index (κ3) is 7.53. The predicted octanol–water partition coefficient (Wildman–Crippen LogP) is 4.99. The first-order valence-electron chi connectivity index (χ1n) is 10.6. The third-order valence-electron chi connectivity index (χ3n) is 4.64. The molecule has 0 heterocycles. The number of rotatable bonds is 9. The van der Waals surface area contributed by atoms with Crippen molar-refractivity contribution in [2.24, 2.45) is 5.10 Å². The van der Waals surface area contributed by atoms with Crippen LogP contribution in [0.1, 0.15) is 23.6 Å². The van der Waals surface area contributed by atoms with E-state index in [1.54, 1.807) is 25.1 Å². The Kier molecular flexibility index (Phi) is 9.63. The quantitative estimate of drug-likeness (QED) is 0.219. The Morgan fingerprint density at radius 3 is 2.57 bits per heavy atom. The van der Waals surface area contributed by atoms with Gasteiger partial charge in [0, 0.05) is 12.1 Å². The molecule has 0 radical (unpaired) electrons. The molecule has 0 bridgehead atoms. The van der Waals surface area contributed by atoms with Crippen molar-refractivity contribution in [3.8, 4) is 11.5 Å². The van der Waals surface area contributed by atoms with Crippen molar-refractivity contribution in [3.63, 3.8) is 0 Å². The SMILES string of the molecule is CCOc1cc(C=NNC(=O)C(=O)NCc2ccccc2)cc(Br)c1OCc1c(F)cccc1Cl. The van der Waals surface area contributed by atoms with Crippen LogP contribution in [0.4, 0.5) is 4.39 Å². The highest BCUT2D eigenvalue weighted by atomic mass is 79.9. The molecule has 0 fully saturated rings. The Morgan fingerprint density at radius 1 is 1.09 bits per heavy atom. The molecule has 3 rings (SSSR count). The van der Waals surface area contributed by atoms with Gasteiger partial charge < -0.3 is 14.8 Å². The van der Waals surface area contributed by atoms with Gasteiger partial charge >= 0.3 is 11.8 Å². The Morgan fingerprint density at radius 2 is 1.86 bits per heavy atom. The topological polar surface area (TPSA) is 89.0 Å². The van der Waals surface area contributed by atoms with Crippen LogP contribution >= 0.6 is 27.5 Å². The van der Waals surface area contributed by atoms with Gasteiger partial charge in [0.1, 0.15) is 12.4 Å². The van der Waals surface area contributed by atoms with Crippen LogP contribution in [0.5, 0.6) is 11.5 Å². The molecule has 0 aliphatic carbocycles. The minimum Gasteiger partial charge on any atom is -0.490 e. The number of carbonyl (C=O) groups is 2. The number of ether oxygens (including phenoxy) is 2. The molecule has 0 unspecified atom stereocenters. The van der Waals surface area contributed by atoms with E-state index in [0.29, 0.717) is 28.1 Å². The number of hydrogen-bond acceptors (Lipinski definition) is 5. The molecule has 7 nitrogen and oxygen atoms in total. The van der Waals surface area contributed by atoms with E-state index in [1.807, 2.05) is 30.3 Å². The summed E-state index contributed by atoms with van der Waals surface area (Å²) in [6, 6.07) is 16.9. The summed E-state index contributed by atoms with van der Waals surface area (Å²) in [5.74, 6) is -1.45. The number of halogens is 3. The first-order chi connectivity index (χ1) is 16.9. The van der Waals surface area contributed by atoms with E-state index in [1.165, 1.54) is 18.3 Å². The van der Waals surface area contributed by atoms with Gasteiger partial charge in [-0.2, -0.15) is 5.10 Å². The highest BCUT2D eigenvalue weighted by Crippen LogP contribution is 2.37. The molecular formula is C25H22BrClFN3O4. The zero-order valence-electron chi connectivity index (χ0n) is 18.7. The van der Waals surface area contributed by atoms with E-state index in [0.717, 1.165) is 5.56 Å². The maximum atomic E-state index is 14.1. The van der Waals surface area contributed by atoms with Crippen LogP contribution < -0.4 is 20.2 Å². The van der Waals surface area contributed by atoms with Gasteiger partial charge in [-0.25, -0.2) is 9.82 Å². The lowest BCUT2D eigenvalue weighted by Crippen LogP contribution is -2.37. The number of carbonyl (C=O) groups excluding carboxylic acids is 2. The van der Waals surface area contributed by atoms with Crippen molar-refractivity contribution >= 4 is 45.6 Å². The summed E-state index contributed by atoms with van der Waals surface area (Å²) in [4.78, 5) is 23.9. The molecule has 0 saturated heterocycles. The van der Waals surface area contributed by atoms with Crippen LogP contribution in [0.2, 0.25) is 5.02 Å². The maximum Gasteiger partial charge on any atom is 0.329 e. The second-order valence-corrected chi connectivity index (χ2v) is 8.38. The van der Waals surface area contributed by atoms with Gasteiger partial charge in [0.2, 0.25) is 0 Å². The van der Waals surface area contributed by atoms with Gasteiger partial charge in [0.25, 0.3) is 0 Å². The molecule has 0 spiro atoms. The Balaban J connectivity index is 1.64. The number of amides is 2. The predicted molar refractivity (Wildman–Crippen MR) is 135 cm³/mol. The van der Waals surface area contributed by atoms with Crippen LogP contribution in [0.25, 0.3) is 0 Å². The molecule has 2 N–H and O–H groups in total. The first kappa shape index (κ1) is 26.2. The van der Waals surface area contributed by atoms with Crippen LogP contribution in [0.15, 0.2) is 70.2 Å². The molecule has 182 valence electrons. The summed E-state index contributed by atoms with van der Waals surface area (Å²) < 4.78 is 26.0. The molecule has 0 aliphatic heterocycles. The standard InChI is InChI=1S/C25H22BrClFN3O4/c1-2-34-22-12-17(11-19(26)23(22)35-15-18-20(27)9-6-10-21(18)28)14-30-31-25(33)24(32)29-13-16-7-4-3-5-8-16/h3-12,14H,2,13,15H2,1H3,(H,29,32)(H,31,33). The molecule has 35 heavy (non-hydrogen) atoms. The molecule has 10 heteroatoms. The van der Waals surface area contributed by atoms with Crippen molar-refractivity contribution < 1.29 is 23.5 Å². The van der Waals surface area contributed by atoms with Crippen molar-refractivity contribution in [2.45, 2.75) is 20.1 Å². The largest absolute Gasteiger partial charge is 0.490 e. The fraction of sp³-hybridized carbons (Fsp3) is 0.160. The van der Waals surface area contributed by atoms with Crippen molar-refractivity contribution in [1.82, 2.24) is 10.7 Å². The summed E-state index contributed by atoms with van der Waals surface area (Å²) >= 11 is 9.49. The fourth-order valence-corrected chi connectivity index (χ4v) is 3.75. The lowest BCUT2D eigenvalue weighted by molar-refractivity contribution is -0.139. The van der Waals surface area contributed by atoms with Crippen LogP contribution in [-0.2, 0) is 22.7 Å². The highest BCUT2D eigenvalue weighted by Gasteiger charge is 2.15. The third-order valence-corrected chi connectivity index (χ3v) is 5.58. The molecule has 3 aromatic carbocycles. The fourth-order valence-electron chi connectivity index (χ4n) is 2.95. The van der Waals surface area contributed by atoms with Crippen molar-refractivity contribution in [2.75, 3.05) is 6.61 Å². The Hall–Kier alpha value is -3.43. The van der Waals surface area contributed by atoms with E-state index in [4.69, 9.17) is 21.1 Å². The molecule has 2 amide bonds.